The number of aliphatic carboxylic acids is 1. The Labute approximate surface area is 45.6 Å². The van der Waals surface area contributed by atoms with Crippen molar-refractivity contribution in [3.63, 3.8) is 0 Å². The molecule has 0 aliphatic carbocycles. The molecule has 0 spiro atoms. The highest BCUT2D eigenvalue weighted by Gasteiger charge is 1.83. The van der Waals surface area contributed by atoms with E-state index in [1.807, 2.05) is 0 Å². The molecule has 0 aromatic rings. The Kier molecular flexibility index (Phi) is 5.40. The van der Waals surface area contributed by atoms with Crippen molar-refractivity contribution in [2.24, 2.45) is 0 Å². The molecule has 1 N–H and O–H groups in total. The zero-order valence-electron chi connectivity index (χ0n) is 3.57. The van der Waals surface area contributed by atoms with Gasteiger partial charge in [-0.25, -0.2) is 4.79 Å². The van der Waals surface area contributed by atoms with Crippen molar-refractivity contribution in [3.8, 4) is 0 Å². The van der Waals surface area contributed by atoms with Crippen molar-refractivity contribution < 1.29 is 23.0 Å². The van der Waals surface area contributed by atoms with Crippen LogP contribution in [-0.4, -0.2) is 24.9 Å². The molecule has 0 aliphatic rings. The lowest BCUT2D eigenvalue weighted by Gasteiger charge is -1.63. The van der Waals surface area contributed by atoms with Crippen LogP contribution in [0.4, 0.5) is 4.70 Å². The Bertz CT molecular complexity index is 182. The fourth-order valence-electron chi connectivity index (χ4n) is 0.0823. The van der Waals surface area contributed by atoms with E-state index in [0.29, 0.717) is 0 Å². The van der Waals surface area contributed by atoms with Crippen molar-refractivity contribution in [3.05, 3.63) is 0 Å². The van der Waals surface area contributed by atoms with Crippen LogP contribution in [0.3, 0.4) is 0 Å². The summed E-state index contributed by atoms with van der Waals surface area (Å²) >= 11 is 0. The first kappa shape index (κ1) is 10.1. The Balaban J connectivity index is 0. The molecule has 0 radical (unpaired) electrons. The van der Waals surface area contributed by atoms with Crippen LogP contribution in [0.2, 0.25) is 0 Å². The molecule has 0 saturated carbocycles. The summed E-state index contributed by atoms with van der Waals surface area (Å²) in [6.07, 6.45) is 0. The van der Waals surface area contributed by atoms with Crippen LogP contribution < -0.4 is 0 Å². The van der Waals surface area contributed by atoms with E-state index in [2.05, 4.69) is 0 Å². The zero-order valence-corrected chi connectivity index (χ0v) is 4.38. The quantitative estimate of drug-likeness (QED) is 0.472. The van der Waals surface area contributed by atoms with E-state index in [-0.39, 0.29) is 10.1 Å². The van der Waals surface area contributed by atoms with E-state index in [1.54, 1.807) is 0 Å². The van der Waals surface area contributed by atoms with Gasteiger partial charge in [-0.1, -0.05) is 0 Å². The highest BCUT2D eigenvalue weighted by atomic mass is 32.2. The third kappa shape index (κ3) is 8.92. The Hall–Kier alpha value is -0.910. The predicted molar refractivity (Wildman–Crippen MR) is 25.1 cm³/mol. The highest BCUT2D eigenvalue weighted by Crippen LogP contribution is 1.46. The minimum Gasteiger partial charge on any atom is -0.477 e. The van der Waals surface area contributed by atoms with Gasteiger partial charge in [0.15, 0.2) is 0 Å². The van der Waals surface area contributed by atoms with Gasteiger partial charge in [-0.3, -0.25) is 4.70 Å². The zero-order chi connectivity index (χ0) is 5.86. The topological polar surface area (TPSA) is 71.4 Å². The van der Waals surface area contributed by atoms with Crippen molar-refractivity contribution in [1.29, 1.82) is 0 Å². The monoisotopic (exact) mass is 142 g/mol. The third-order valence-electron chi connectivity index (χ3n) is 0.197. The highest BCUT2D eigenvalue weighted by molar-refractivity contribution is 7.73. The summed E-state index contributed by atoms with van der Waals surface area (Å²) in [6, 6.07) is 0. The van der Waals surface area contributed by atoms with Gasteiger partial charge in [-0.2, -0.15) is 8.42 Å². The molecule has 0 amide bonds. The number of hydrogen-bond acceptors (Lipinski definition) is 3. The molecule has 4 nitrogen and oxygen atoms in total. The van der Waals surface area contributed by atoms with E-state index in [0.717, 1.165) is 0 Å². The molecule has 0 heterocycles. The summed E-state index contributed by atoms with van der Waals surface area (Å²) in [4.78, 5) is 9.36. The standard InChI is InChI=1S/C2H2O4S.FH/c3-2(4)1-7(5)6;/h1H,(H,3,4);1H. The number of carboxylic acid groups (broad SMARTS) is 1. The molecule has 0 atom stereocenters. The van der Waals surface area contributed by atoms with Crippen molar-refractivity contribution in [2.75, 3.05) is 0 Å². The van der Waals surface area contributed by atoms with E-state index in [4.69, 9.17) is 5.11 Å². The molecular formula is C2H3FO4S. The largest absolute Gasteiger partial charge is 0.477 e. The lowest BCUT2D eigenvalue weighted by atomic mass is 10.8. The third-order valence-corrected chi connectivity index (χ3v) is 0.591. The summed E-state index contributed by atoms with van der Waals surface area (Å²) < 4.78 is 18.7. The number of carboxylic acids is 1. The first-order valence-corrected chi connectivity index (χ1v) is 2.42. The molecule has 0 unspecified atom stereocenters. The van der Waals surface area contributed by atoms with Gasteiger partial charge < -0.3 is 5.11 Å². The summed E-state index contributed by atoms with van der Waals surface area (Å²) in [5, 5.41) is 7.80. The van der Waals surface area contributed by atoms with Gasteiger partial charge in [-0.05, 0) is 0 Å². The number of carbonyl (C=O) groups is 1. The number of hydrogen-bond donors (Lipinski definition) is 1. The van der Waals surface area contributed by atoms with Crippen LogP contribution in [0.5, 0.6) is 0 Å². The van der Waals surface area contributed by atoms with Crippen LogP contribution in [0, 0.1) is 0 Å². The molecule has 8 heavy (non-hydrogen) atoms. The second-order valence-corrected chi connectivity index (χ2v) is 1.47. The smallest absolute Gasteiger partial charge is 0.343 e. The normalized spacial score (nSPS) is 6.50. The molecule has 0 saturated heterocycles. The van der Waals surface area contributed by atoms with Gasteiger partial charge in [0.25, 0.3) is 0 Å². The summed E-state index contributed by atoms with van der Waals surface area (Å²) in [6.45, 7) is 0. The first-order chi connectivity index (χ1) is 3.13. The van der Waals surface area contributed by atoms with Crippen molar-refractivity contribution in [2.45, 2.75) is 0 Å². The molecule has 0 aliphatic heterocycles. The fourth-order valence-corrected chi connectivity index (χ4v) is 0.247. The van der Waals surface area contributed by atoms with Gasteiger partial charge in [0.2, 0.25) is 10.3 Å². The lowest BCUT2D eigenvalue weighted by Crippen LogP contribution is -1.94. The van der Waals surface area contributed by atoms with Crippen LogP contribution in [-0.2, 0) is 15.1 Å². The van der Waals surface area contributed by atoms with E-state index < -0.39 is 16.3 Å². The maximum atomic E-state index is 9.37. The SMILES string of the molecule is F.O=C(O)C=S(=O)=O. The Morgan fingerprint density at radius 1 is 1.50 bits per heavy atom. The maximum Gasteiger partial charge on any atom is 0.343 e. The average Bonchev–Trinajstić information content (AvgIpc) is 1.27. The molecule has 48 valence electrons. The van der Waals surface area contributed by atoms with Gasteiger partial charge in [0, 0.05) is 0 Å². The van der Waals surface area contributed by atoms with Gasteiger partial charge in [0.1, 0.15) is 5.37 Å². The minimum atomic E-state index is -2.57. The van der Waals surface area contributed by atoms with Gasteiger partial charge in [0.05, 0.1) is 0 Å². The molecule has 6 heteroatoms. The van der Waals surface area contributed by atoms with Gasteiger partial charge >= 0.3 is 5.97 Å². The van der Waals surface area contributed by atoms with E-state index >= 15 is 0 Å². The molecular weight excluding hydrogens is 139 g/mol. The number of halogens is 1. The van der Waals surface area contributed by atoms with Gasteiger partial charge in [-0.15, -0.1) is 0 Å². The van der Waals surface area contributed by atoms with Crippen LogP contribution in [0.15, 0.2) is 0 Å². The van der Waals surface area contributed by atoms with Crippen molar-refractivity contribution >= 4 is 21.6 Å². The van der Waals surface area contributed by atoms with Crippen LogP contribution >= 0.6 is 0 Å². The van der Waals surface area contributed by atoms with E-state index in [9.17, 15) is 13.2 Å². The number of rotatable bonds is 1. The Morgan fingerprint density at radius 3 is 1.88 bits per heavy atom. The molecule has 0 rings (SSSR count). The second-order valence-electron chi connectivity index (χ2n) is 0.717. The van der Waals surface area contributed by atoms with Crippen LogP contribution in [0.25, 0.3) is 0 Å². The summed E-state index contributed by atoms with van der Waals surface area (Å²) in [7, 11) is -2.57. The second kappa shape index (κ2) is 4.25. The Morgan fingerprint density at radius 2 is 1.88 bits per heavy atom. The molecule has 0 bridgehead atoms. The summed E-state index contributed by atoms with van der Waals surface area (Å²) in [5.74, 6) is -1.45. The average molecular weight is 142 g/mol. The summed E-state index contributed by atoms with van der Waals surface area (Å²) in [5.41, 5.74) is 0. The molecule has 0 aromatic heterocycles. The lowest BCUT2D eigenvalue weighted by molar-refractivity contribution is -0.128. The van der Waals surface area contributed by atoms with Crippen molar-refractivity contribution in [1.82, 2.24) is 0 Å². The van der Waals surface area contributed by atoms with E-state index in [1.165, 1.54) is 0 Å². The van der Waals surface area contributed by atoms with Crippen LogP contribution in [0.1, 0.15) is 0 Å². The first-order valence-electron chi connectivity index (χ1n) is 1.29. The minimum absolute atomic E-state index is 0. The fraction of sp³-hybridized carbons (Fsp3) is 0. The predicted octanol–water partition coefficient (Wildman–Crippen LogP) is -1.10. The molecule has 0 aromatic carbocycles. The maximum absolute atomic E-state index is 9.37. The molecule has 0 fully saturated rings.